The summed E-state index contributed by atoms with van der Waals surface area (Å²) < 4.78 is 20.4. The molecule has 1 aromatic carbocycles. The molecule has 1 aliphatic heterocycles. The molecule has 0 unspecified atom stereocenters. The fraction of sp³-hybridized carbons (Fsp3) is 0.222. The van der Waals surface area contributed by atoms with Crippen molar-refractivity contribution in [2.24, 2.45) is 0 Å². The van der Waals surface area contributed by atoms with Gasteiger partial charge in [0.15, 0.2) is 0 Å². The molecule has 5 nitrogen and oxygen atoms in total. The first-order chi connectivity index (χ1) is 13.1. The lowest BCUT2D eigenvalue weighted by Gasteiger charge is -2.29. The lowest BCUT2D eigenvalue weighted by atomic mass is 10.2. The molecular formula is C18H15ClFN3O2S2. The maximum atomic E-state index is 14.5. The van der Waals surface area contributed by atoms with Gasteiger partial charge in [-0.05, 0) is 30.3 Å². The largest absolute Gasteiger partial charge is 0.378 e. The number of thiophene rings is 1. The number of nitrogens with zero attached hydrogens (tertiary/aromatic N) is 2. The van der Waals surface area contributed by atoms with Crippen LogP contribution in [0, 0.1) is 5.82 Å². The van der Waals surface area contributed by atoms with Gasteiger partial charge in [-0.3, -0.25) is 4.79 Å². The Hall–Kier alpha value is -2.00. The maximum absolute atomic E-state index is 14.5. The molecule has 0 aliphatic carbocycles. The van der Waals surface area contributed by atoms with Gasteiger partial charge >= 0.3 is 0 Å². The van der Waals surface area contributed by atoms with Gasteiger partial charge in [-0.2, -0.15) is 0 Å². The van der Waals surface area contributed by atoms with E-state index >= 15 is 0 Å². The number of morpholine rings is 1. The third-order valence-corrected chi connectivity index (χ3v) is 6.32. The minimum atomic E-state index is -0.376. The quantitative estimate of drug-likeness (QED) is 0.657. The van der Waals surface area contributed by atoms with Crippen LogP contribution < -0.4 is 10.2 Å². The second-order valence-corrected chi connectivity index (χ2v) is 8.43. The van der Waals surface area contributed by atoms with Gasteiger partial charge in [0.1, 0.15) is 16.5 Å². The zero-order valence-electron chi connectivity index (χ0n) is 14.1. The molecule has 0 radical (unpaired) electrons. The molecule has 3 aromatic rings. The smallest absolute Gasteiger partial charge is 0.275 e. The number of carbonyl (C=O) groups excluding carboxylic acids is 1. The summed E-state index contributed by atoms with van der Waals surface area (Å²) in [6.07, 6.45) is 0. The standard InChI is InChI=1S/C18H15ClFN3O2S2/c19-16-4-3-15(27-16)18-22-13(10-26-18)17(24)21-11-1-2-14(12(20)9-11)23-5-7-25-8-6-23/h1-4,9-10H,5-8H2,(H,21,24). The number of rotatable bonds is 4. The minimum Gasteiger partial charge on any atom is -0.378 e. The number of aromatic nitrogens is 1. The van der Waals surface area contributed by atoms with Gasteiger partial charge < -0.3 is 15.0 Å². The molecule has 1 saturated heterocycles. The molecule has 9 heteroatoms. The van der Waals surface area contributed by atoms with Crippen LogP contribution in [-0.2, 0) is 4.74 Å². The maximum Gasteiger partial charge on any atom is 0.275 e. The molecule has 0 saturated carbocycles. The summed E-state index contributed by atoms with van der Waals surface area (Å²) in [5, 5.41) is 5.10. The van der Waals surface area contributed by atoms with Gasteiger partial charge in [0.05, 0.1) is 28.1 Å². The van der Waals surface area contributed by atoms with Crippen molar-refractivity contribution < 1.29 is 13.9 Å². The summed E-state index contributed by atoms with van der Waals surface area (Å²) >= 11 is 8.71. The first-order valence-corrected chi connectivity index (χ1v) is 10.3. The van der Waals surface area contributed by atoms with Gasteiger partial charge in [0, 0.05) is 24.2 Å². The van der Waals surface area contributed by atoms with E-state index in [0.29, 0.717) is 42.0 Å². The predicted molar refractivity (Wildman–Crippen MR) is 108 cm³/mol. The molecule has 1 fully saturated rings. The fourth-order valence-electron chi connectivity index (χ4n) is 2.76. The van der Waals surface area contributed by atoms with Crippen LogP contribution >= 0.6 is 34.3 Å². The normalized spacial score (nSPS) is 14.4. The third kappa shape index (κ3) is 4.14. The Balaban J connectivity index is 1.46. The van der Waals surface area contributed by atoms with Crippen molar-refractivity contribution in [3.8, 4) is 9.88 Å². The average molecular weight is 424 g/mol. The highest BCUT2D eigenvalue weighted by atomic mass is 35.5. The van der Waals surface area contributed by atoms with Crippen LogP contribution in [0.3, 0.4) is 0 Å². The van der Waals surface area contributed by atoms with E-state index in [1.807, 2.05) is 11.0 Å². The molecule has 4 rings (SSSR count). The SMILES string of the molecule is O=C(Nc1ccc(N2CCOCC2)c(F)c1)c1csc(-c2ccc(Cl)s2)n1. The lowest BCUT2D eigenvalue weighted by molar-refractivity contribution is 0.102. The summed E-state index contributed by atoms with van der Waals surface area (Å²) in [6, 6.07) is 8.36. The van der Waals surface area contributed by atoms with Crippen LogP contribution in [0.25, 0.3) is 9.88 Å². The van der Waals surface area contributed by atoms with Crippen molar-refractivity contribution in [1.82, 2.24) is 4.98 Å². The molecule has 1 N–H and O–H groups in total. The molecule has 0 spiro atoms. The summed E-state index contributed by atoms with van der Waals surface area (Å²) in [5.74, 6) is -0.749. The van der Waals surface area contributed by atoms with Gasteiger partial charge in [0.2, 0.25) is 0 Å². The van der Waals surface area contributed by atoms with Gasteiger partial charge in [-0.25, -0.2) is 9.37 Å². The van der Waals surface area contributed by atoms with Crippen LogP contribution in [0.4, 0.5) is 15.8 Å². The molecule has 0 bridgehead atoms. The van der Waals surface area contributed by atoms with Crippen molar-refractivity contribution in [3.63, 3.8) is 0 Å². The Kier molecular flexibility index (Phi) is 5.40. The number of thiazole rings is 1. The Morgan fingerprint density at radius 3 is 2.78 bits per heavy atom. The van der Waals surface area contributed by atoms with Crippen molar-refractivity contribution in [2.75, 3.05) is 36.5 Å². The number of carbonyl (C=O) groups is 1. The second-order valence-electron chi connectivity index (χ2n) is 5.86. The Labute approximate surface area is 168 Å². The highest BCUT2D eigenvalue weighted by Crippen LogP contribution is 2.33. The molecule has 1 aliphatic rings. The van der Waals surface area contributed by atoms with E-state index in [1.165, 1.54) is 28.7 Å². The molecular weight excluding hydrogens is 409 g/mol. The first kappa shape index (κ1) is 18.4. The third-order valence-electron chi connectivity index (χ3n) is 4.08. The number of benzene rings is 1. The van der Waals surface area contributed by atoms with Gasteiger partial charge in [-0.1, -0.05) is 11.6 Å². The van der Waals surface area contributed by atoms with E-state index in [1.54, 1.807) is 23.6 Å². The topological polar surface area (TPSA) is 54.5 Å². The Bertz CT molecular complexity index is 969. The van der Waals surface area contributed by atoms with Crippen molar-refractivity contribution in [3.05, 3.63) is 51.6 Å². The van der Waals surface area contributed by atoms with Crippen molar-refractivity contribution in [2.45, 2.75) is 0 Å². The lowest BCUT2D eigenvalue weighted by Crippen LogP contribution is -2.36. The van der Waals surface area contributed by atoms with E-state index in [0.717, 1.165) is 9.88 Å². The molecule has 140 valence electrons. The molecule has 2 aromatic heterocycles. The van der Waals surface area contributed by atoms with Gasteiger partial charge in [0.25, 0.3) is 5.91 Å². The number of anilines is 2. The summed E-state index contributed by atoms with van der Waals surface area (Å²) in [6.45, 7) is 2.47. The van der Waals surface area contributed by atoms with E-state index in [2.05, 4.69) is 10.3 Å². The van der Waals surface area contributed by atoms with Gasteiger partial charge in [-0.15, -0.1) is 22.7 Å². The fourth-order valence-corrected chi connectivity index (χ4v) is 4.68. The average Bonchev–Trinajstić information content (AvgIpc) is 3.31. The molecule has 1 amide bonds. The zero-order chi connectivity index (χ0) is 18.8. The highest BCUT2D eigenvalue weighted by Gasteiger charge is 2.17. The highest BCUT2D eigenvalue weighted by molar-refractivity contribution is 7.23. The number of hydrogen-bond donors (Lipinski definition) is 1. The van der Waals surface area contributed by atoms with Crippen LogP contribution in [0.5, 0.6) is 0 Å². The summed E-state index contributed by atoms with van der Waals surface area (Å²) in [5.41, 5.74) is 1.20. The van der Waals surface area contributed by atoms with Crippen molar-refractivity contribution in [1.29, 1.82) is 0 Å². The van der Waals surface area contributed by atoms with E-state index in [9.17, 15) is 9.18 Å². The Morgan fingerprint density at radius 1 is 1.26 bits per heavy atom. The Morgan fingerprint density at radius 2 is 2.07 bits per heavy atom. The number of halogens is 2. The number of hydrogen-bond acceptors (Lipinski definition) is 6. The second kappa shape index (κ2) is 7.93. The van der Waals surface area contributed by atoms with E-state index in [-0.39, 0.29) is 17.4 Å². The first-order valence-electron chi connectivity index (χ1n) is 8.25. The number of amides is 1. The summed E-state index contributed by atoms with van der Waals surface area (Å²) in [7, 11) is 0. The monoisotopic (exact) mass is 423 g/mol. The van der Waals surface area contributed by atoms with E-state index < -0.39 is 0 Å². The van der Waals surface area contributed by atoms with Crippen LogP contribution in [0.1, 0.15) is 10.5 Å². The molecule has 0 atom stereocenters. The van der Waals surface area contributed by atoms with Crippen molar-refractivity contribution >= 4 is 51.6 Å². The van der Waals surface area contributed by atoms with Crippen LogP contribution in [-0.4, -0.2) is 37.2 Å². The zero-order valence-corrected chi connectivity index (χ0v) is 16.5. The van der Waals surface area contributed by atoms with Crippen LogP contribution in [0.15, 0.2) is 35.7 Å². The van der Waals surface area contributed by atoms with Crippen LogP contribution in [0.2, 0.25) is 4.34 Å². The van der Waals surface area contributed by atoms with E-state index in [4.69, 9.17) is 16.3 Å². The molecule has 3 heterocycles. The number of nitrogens with one attached hydrogen (secondary N) is 1. The minimum absolute atomic E-state index is 0.289. The number of ether oxygens (including phenoxy) is 1. The summed E-state index contributed by atoms with van der Waals surface area (Å²) in [4.78, 5) is 19.6. The molecule has 27 heavy (non-hydrogen) atoms. The predicted octanol–water partition coefficient (Wildman–Crippen LogP) is 4.75.